The van der Waals surface area contributed by atoms with Crippen LogP contribution in [-0.2, 0) is 13.5 Å². The standard InChI is InChI=1S/C9H10BrClN6/c1-17-5-14-16-7(17)2-3-12-8-6(10)4-13-9(11)15-8/h4-5H,2-3H2,1H3,(H,12,13,15). The minimum atomic E-state index is 0.217. The lowest BCUT2D eigenvalue weighted by molar-refractivity contribution is 0.787. The monoisotopic (exact) mass is 316 g/mol. The maximum absolute atomic E-state index is 5.71. The molecule has 0 saturated carbocycles. The lowest BCUT2D eigenvalue weighted by Crippen LogP contribution is -2.10. The zero-order valence-electron chi connectivity index (χ0n) is 9.06. The van der Waals surface area contributed by atoms with Crippen LogP contribution >= 0.6 is 27.5 Å². The van der Waals surface area contributed by atoms with Crippen molar-refractivity contribution in [3.8, 4) is 0 Å². The highest BCUT2D eigenvalue weighted by molar-refractivity contribution is 9.10. The molecule has 8 heteroatoms. The number of nitrogens with one attached hydrogen (secondary N) is 1. The maximum Gasteiger partial charge on any atom is 0.224 e. The van der Waals surface area contributed by atoms with Crippen molar-refractivity contribution < 1.29 is 0 Å². The van der Waals surface area contributed by atoms with E-state index in [0.29, 0.717) is 12.4 Å². The molecule has 17 heavy (non-hydrogen) atoms. The van der Waals surface area contributed by atoms with Crippen LogP contribution in [-0.4, -0.2) is 31.3 Å². The molecule has 2 rings (SSSR count). The Kier molecular flexibility index (Phi) is 3.90. The molecule has 0 amide bonds. The smallest absolute Gasteiger partial charge is 0.224 e. The molecule has 2 aromatic heterocycles. The van der Waals surface area contributed by atoms with E-state index in [1.807, 2.05) is 11.6 Å². The van der Waals surface area contributed by atoms with Crippen molar-refractivity contribution >= 4 is 33.3 Å². The molecule has 0 unspecified atom stereocenters. The van der Waals surface area contributed by atoms with Gasteiger partial charge in [0, 0.05) is 26.2 Å². The third kappa shape index (κ3) is 3.13. The summed E-state index contributed by atoms with van der Waals surface area (Å²) < 4.78 is 2.66. The van der Waals surface area contributed by atoms with Crippen LogP contribution in [0.2, 0.25) is 5.28 Å². The van der Waals surface area contributed by atoms with Gasteiger partial charge in [0.2, 0.25) is 5.28 Å². The zero-order chi connectivity index (χ0) is 12.3. The summed E-state index contributed by atoms with van der Waals surface area (Å²) in [6.45, 7) is 0.693. The molecular weight excluding hydrogens is 307 g/mol. The van der Waals surface area contributed by atoms with Crippen LogP contribution in [0.15, 0.2) is 17.0 Å². The molecule has 0 atom stereocenters. The van der Waals surface area contributed by atoms with E-state index < -0.39 is 0 Å². The Morgan fingerprint density at radius 2 is 2.35 bits per heavy atom. The Hall–Kier alpha value is -1.21. The highest BCUT2D eigenvalue weighted by Crippen LogP contribution is 2.19. The number of anilines is 1. The normalized spacial score (nSPS) is 10.5. The molecule has 6 nitrogen and oxygen atoms in total. The van der Waals surface area contributed by atoms with Gasteiger partial charge in [-0.05, 0) is 27.5 Å². The van der Waals surface area contributed by atoms with Gasteiger partial charge in [0.05, 0.1) is 4.47 Å². The van der Waals surface area contributed by atoms with E-state index in [1.54, 1.807) is 12.5 Å². The van der Waals surface area contributed by atoms with Crippen LogP contribution in [0.25, 0.3) is 0 Å². The number of halogens is 2. The van der Waals surface area contributed by atoms with Crippen molar-refractivity contribution in [2.75, 3.05) is 11.9 Å². The highest BCUT2D eigenvalue weighted by atomic mass is 79.9. The lowest BCUT2D eigenvalue weighted by atomic mass is 10.4. The molecule has 2 heterocycles. The molecule has 2 aromatic rings. The first-order valence-electron chi connectivity index (χ1n) is 4.91. The van der Waals surface area contributed by atoms with Gasteiger partial charge in [-0.15, -0.1) is 10.2 Å². The van der Waals surface area contributed by atoms with E-state index >= 15 is 0 Å². The second-order valence-electron chi connectivity index (χ2n) is 3.37. The Labute approximate surface area is 112 Å². The summed E-state index contributed by atoms with van der Waals surface area (Å²) in [7, 11) is 1.91. The van der Waals surface area contributed by atoms with E-state index in [0.717, 1.165) is 16.7 Å². The summed E-state index contributed by atoms with van der Waals surface area (Å²) >= 11 is 9.06. The third-order valence-corrected chi connectivity index (χ3v) is 2.92. The van der Waals surface area contributed by atoms with Gasteiger partial charge in [-0.2, -0.15) is 4.98 Å². The van der Waals surface area contributed by atoms with Gasteiger partial charge in [-0.25, -0.2) is 4.98 Å². The van der Waals surface area contributed by atoms with Crippen molar-refractivity contribution in [1.82, 2.24) is 24.7 Å². The van der Waals surface area contributed by atoms with Gasteiger partial charge in [-0.3, -0.25) is 0 Å². The second-order valence-corrected chi connectivity index (χ2v) is 4.56. The summed E-state index contributed by atoms with van der Waals surface area (Å²) in [6.07, 6.45) is 4.04. The van der Waals surface area contributed by atoms with Crippen LogP contribution in [0.3, 0.4) is 0 Å². The molecule has 0 aromatic carbocycles. The minimum Gasteiger partial charge on any atom is -0.369 e. The highest BCUT2D eigenvalue weighted by Gasteiger charge is 2.04. The number of hydrogen-bond acceptors (Lipinski definition) is 5. The number of aryl methyl sites for hydroxylation is 1. The first-order valence-corrected chi connectivity index (χ1v) is 6.08. The van der Waals surface area contributed by atoms with Gasteiger partial charge in [-0.1, -0.05) is 0 Å². The molecule has 90 valence electrons. The predicted octanol–water partition coefficient (Wildman–Crippen LogP) is 1.68. The van der Waals surface area contributed by atoms with Crippen LogP contribution in [0.1, 0.15) is 5.82 Å². The molecule has 0 aliphatic rings. The van der Waals surface area contributed by atoms with E-state index in [1.165, 1.54) is 0 Å². The average Bonchev–Trinajstić information content (AvgIpc) is 2.70. The van der Waals surface area contributed by atoms with Gasteiger partial charge < -0.3 is 9.88 Å². The molecule has 1 N–H and O–H groups in total. The van der Waals surface area contributed by atoms with Crippen molar-refractivity contribution in [3.63, 3.8) is 0 Å². The first kappa shape index (κ1) is 12.3. The van der Waals surface area contributed by atoms with Crippen molar-refractivity contribution in [2.24, 2.45) is 7.05 Å². The van der Waals surface area contributed by atoms with Crippen LogP contribution < -0.4 is 5.32 Å². The fraction of sp³-hybridized carbons (Fsp3) is 0.333. The summed E-state index contributed by atoms with van der Waals surface area (Å²) in [5, 5.41) is 11.2. The number of aromatic nitrogens is 5. The van der Waals surface area contributed by atoms with Crippen molar-refractivity contribution in [3.05, 3.63) is 28.1 Å². The summed E-state index contributed by atoms with van der Waals surface area (Å²) in [4.78, 5) is 7.92. The number of hydrogen-bond donors (Lipinski definition) is 1. The van der Waals surface area contributed by atoms with E-state index in [-0.39, 0.29) is 5.28 Å². The topological polar surface area (TPSA) is 68.5 Å². The van der Waals surface area contributed by atoms with Crippen molar-refractivity contribution in [2.45, 2.75) is 6.42 Å². The molecule has 0 saturated heterocycles. The van der Waals surface area contributed by atoms with Crippen molar-refractivity contribution in [1.29, 1.82) is 0 Å². The van der Waals surface area contributed by atoms with Gasteiger partial charge in [0.1, 0.15) is 18.0 Å². The predicted molar refractivity (Wildman–Crippen MR) is 67.9 cm³/mol. The SMILES string of the molecule is Cn1cnnc1CCNc1nc(Cl)ncc1Br. The molecule has 0 aliphatic heterocycles. The first-order chi connectivity index (χ1) is 8.16. The summed E-state index contributed by atoms with van der Waals surface area (Å²) in [5.74, 6) is 1.58. The lowest BCUT2D eigenvalue weighted by Gasteiger charge is -2.06. The van der Waals surface area contributed by atoms with Crippen LogP contribution in [0.5, 0.6) is 0 Å². The van der Waals surface area contributed by atoms with Gasteiger partial charge >= 0.3 is 0 Å². The molecule has 0 bridgehead atoms. The Balaban J connectivity index is 1.94. The minimum absolute atomic E-state index is 0.217. The largest absolute Gasteiger partial charge is 0.369 e. The average molecular weight is 318 g/mol. The Morgan fingerprint density at radius 1 is 1.53 bits per heavy atom. The van der Waals surface area contributed by atoms with E-state index in [2.05, 4.69) is 41.4 Å². The summed E-state index contributed by atoms with van der Waals surface area (Å²) in [5.41, 5.74) is 0. The second kappa shape index (κ2) is 5.42. The molecule has 0 aliphatic carbocycles. The quantitative estimate of drug-likeness (QED) is 0.869. The third-order valence-electron chi connectivity index (χ3n) is 2.16. The maximum atomic E-state index is 5.71. The van der Waals surface area contributed by atoms with E-state index in [4.69, 9.17) is 11.6 Å². The zero-order valence-corrected chi connectivity index (χ0v) is 11.4. The molecular formula is C9H10BrClN6. The fourth-order valence-electron chi connectivity index (χ4n) is 1.30. The van der Waals surface area contributed by atoms with Crippen LogP contribution in [0.4, 0.5) is 5.82 Å². The molecule has 0 spiro atoms. The van der Waals surface area contributed by atoms with Crippen LogP contribution in [0, 0.1) is 0 Å². The Morgan fingerprint density at radius 3 is 3.06 bits per heavy atom. The van der Waals surface area contributed by atoms with E-state index in [9.17, 15) is 0 Å². The fourth-order valence-corrected chi connectivity index (χ4v) is 1.76. The molecule has 0 fully saturated rings. The molecule has 0 radical (unpaired) electrons. The number of nitrogens with zero attached hydrogens (tertiary/aromatic N) is 5. The summed E-state index contributed by atoms with van der Waals surface area (Å²) in [6, 6.07) is 0. The number of rotatable bonds is 4. The van der Waals surface area contributed by atoms with Gasteiger partial charge in [0.25, 0.3) is 0 Å². The Bertz CT molecular complexity index is 514. The van der Waals surface area contributed by atoms with Gasteiger partial charge in [0.15, 0.2) is 0 Å².